The predicted molar refractivity (Wildman–Crippen MR) is 39.8 cm³/mol. The molecule has 0 radical (unpaired) electrons. The standard InChI is InChI=1S/C8H7NO2/c1-2-11-8(10)7-3-5-9-6-4-7/h2-6H,1H2. The third-order valence-corrected chi connectivity index (χ3v) is 1.11. The molecule has 0 atom stereocenters. The molecule has 1 rings (SSSR count). The van der Waals surface area contributed by atoms with E-state index in [2.05, 4.69) is 16.3 Å². The number of ether oxygens (including phenoxy) is 1. The van der Waals surface area contributed by atoms with Crippen molar-refractivity contribution >= 4 is 5.97 Å². The Hall–Kier alpha value is -1.64. The molecule has 0 bridgehead atoms. The van der Waals surface area contributed by atoms with Crippen LogP contribution in [0, 0.1) is 0 Å². The van der Waals surface area contributed by atoms with Crippen molar-refractivity contribution in [2.45, 2.75) is 0 Å². The topological polar surface area (TPSA) is 39.2 Å². The fourth-order valence-corrected chi connectivity index (χ4v) is 0.632. The monoisotopic (exact) mass is 149 g/mol. The van der Waals surface area contributed by atoms with Crippen LogP contribution < -0.4 is 0 Å². The van der Waals surface area contributed by atoms with Crippen molar-refractivity contribution < 1.29 is 9.53 Å². The van der Waals surface area contributed by atoms with Crippen LogP contribution in [0.1, 0.15) is 10.4 Å². The number of nitrogens with zero attached hydrogens (tertiary/aromatic N) is 1. The number of carbonyl (C=O) groups is 1. The van der Waals surface area contributed by atoms with Crippen LogP contribution in [0.2, 0.25) is 0 Å². The third-order valence-electron chi connectivity index (χ3n) is 1.11. The molecule has 0 spiro atoms. The van der Waals surface area contributed by atoms with Crippen LogP contribution in [0.3, 0.4) is 0 Å². The summed E-state index contributed by atoms with van der Waals surface area (Å²) in [5.74, 6) is -0.414. The summed E-state index contributed by atoms with van der Waals surface area (Å²) in [6.07, 6.45) is 4.15. The van der Waals surface area contributed by atoms with Gasteiger partial charge in [-0.15, -0.1) is 0 Å². The zero-order chi connectivity index (χ0) is 8.10. The first-order valence-corrected chi connectivity index (χ1v) is 3.06. The summed E-state index contributed by atoms with van der Waals surface area (Å²) < 4.78 is 4.53. The molecule has 1 heterocycles. The zero-order valence-corrected chi connectivity index (χ0v) is 5.86. The van der Waals surface area contributed by atoms with Gasteiger partial charge in [0.05, 0.1) is 11.8 Å². The van der Waals surface area contributed by atoms with Gasteiger partial charge >= 0.3 is 5.97 Å². The molecule has 0 saturated heterocycles. The van der Waals surface area contributed by atoms with Crippen molar-refractivity contribution in [2.75, 3.05) is 0 Å². The van der Waals surface area contributed by atoms with Crippen molar-refractivity contribution in [3.05, 3.63) is 42.9 Å². The van der Waals surface area contributed by atoms with E-state index in [0.29, 0.717) is 5.56 Å². The lowest BCUT2D eigenvalue weighted by molar-refractivity contribution is 0.0664. The molecule has 0 aliphatic heterocycles. The smallest absolute Gasteiger partial charge is 0.343 e. The van der Waals surface area contributed by atoms with Gasteiger partial charge in [0, 0.05) is 12.4 Å². The lowest BCUT2D eigenvalue weighted by Crippen LogP contribution is -1.99. The van der Waals surface area contributed by atoms with E-state index < -0.39 is 5.97 Å². The Morgan fingerprint density at radius 2 is 2.18 bits per heavy atom. The van der Waals surface area contributed by atoms with E-state index in [4.69, 9.17) is 0 Å². The third kappa shape index (κ3) is 1.89. The minimum Gasteiger partial charge on any atom is -0.432 e. The maximum atomic E-state index is 10.9. The molecule has 3 heteroatoms. The summed E-state index contributed by atoms with van der Waals surface area (Å²) in [5.41, 5.74) is 0.472. The average molecular weight is 149 g/mol. The molecule has 0 aromatic carbocycles. The van der Waals surface area contributed by atoms with E-state index in [1.54, 1.807) is 12.1 Å². The highest BCUT2D eigenvalue weighted by atomic mass is 16.5. The van der Waals surface area contributed by atoms with E-state index >= 15 is 0 Å². The van der Waals surface area contributed by atoms with Crippen LogP contribution in [0.15, 0.2) is 37.4 Å². The van der Waals surface area contributed by atoms with E-state index in [-0.39, 0.29) is 0 Å². The van der Waals surface area contributed by atoms with Gasteiger partial charge in [-0.1, -0.05) is 6.58 Å². The van der Waals surface area contributed by atoms with E-state index in [0.717, 1.165) is 6.26 Å². The zero-order valence-electron chi connectivity index (χ0n) is 5.86. The van der Waals surface area contributed by atoms with Gasteiger partial charge in [-0.05, 0) is 12.1 Å². The first kappa shape index (κ1) is 7.47. The number of hydrogen-bond acceptors (Lipinski definition) is 3. The Bertz CT molecular complexity index is 256. The molecule has 0 aliphatic rings. The highest BCUT2D eigenvalue weighted by Gasteiger charge is 2.02. The van der Waals surface area contributed by atoms with Gasteiger partial charge in [-0.3, -0.25) is 4.98 Å². The van der Waals surface area contributed by atoms with Gasteiger partial charge < -0.3 is 4.74 Å². The molecule has 0 fully saturated rings. The number of aromatic nitrogens is 1. The summed E-state index contributed by atoms with van der Waals surface area (Å²) in [4.78, 5) is 14.7. The van der Waals surface area contributed by atoms with Crippen LogP contribution in [0.4, 0.5) is 0 Å². The summed E-state index contributed by atoms with van der Waals surface area (Å²) in [7, 11) is 0. The van der Waals surface area contributed by atoms with Crippen LogP contribution >= 0.6 is 0 Å². The van der Waals surface area contributed by atoms with Gasteiger partial charge in [0.1, 0.15) is 0 Å². The summed E-state index contributed by atoms with van der Waals surface area (Å²) >= 11 is 0. The van der Waals surface area contributed by atoms with E-state index in [1.807, 2.05) is 0 Å². The lowest BCUT2D eigenvalue weighted by Gasteiger charge is -1.95. The van der Waals surface area contributed by atoms with Crippen LogP contribution in [0.5, 0.6) is 0 Å². The number of hydrogen-bond donors (Lipinski definition) is 0. The predicted octanol–water partition coefficient (Wildman–Crippen LogP) is 1.38. The van der Waals surface area contributed by atoms with Crippen LogP contribution in [-0.2, 0) is 4.74 Å². The Balaban J connectivity index is 2.77. The summed E-state index contributed by atoms with van der Waals surface area (Å²) in [6, 6.07) is 3.15. The Morgan fingerprint density at radius 3 is 2.73 bits per heavy atom. The fraction of sp³-hybridized carbons (Fsp3) is 0. The normalized spacial score (nSPS) is 8.73. The van der Waals surface area contributed by atoms with E-state index in [9.17, 15) is 4.79 Å². The highest BCUT2D eigenvalue weighted by molar-refractivity contribution is 5.89. The highest BCUT2D eigenvalue weighted by Crippen LogP contribution is 1.98. The molecule has 0 aliphatic carbocycles. The molecule has 11 heavy (non-hydrogen) atoms. The second kappa shape index (κ2) is 3.51. The molecule has 1 aromatic heterocycles. The van der Waals surface area contributed by atoms with Gasteiger partial charge in [0.2, 0.25) is 0 Å². The number of rotatable bonds is 2. The number of esters is 1. The van der Waals surface area contributed by atoms with Gasteiger partial charge in [-0.2, -0.15) is 0 Å². The Morgan fingerprint density at radius 1 is 1.55 bits per heavy atom. The van der Waals surface area contributed by atoms with E-state index in [1.165, 1.54) is 12.4 Å². The van der Waals surface area contributed by atoms with Crippen molar-refractivity contribution in [3.8, 4) is 0 Å². The first-order valence-electron chi connectivity index (χ1n) is 3.06. The molecular formula is C8H7NO2. The van der Waals surface area contributed by atoms with Crippen molar-refractivity contribution in [1.82, 2.24) is 4.98 Å². The molecule has 0 unspecified atom stereocenters. The molecule has 0 N–H and O–H groups in total. The van der Waals surface area contributed by atoms with Gasteiger partial charge in [0.25, 0.3) is 0 Å². The second-order valence-corrected chi connectivity index (χ2v) is 1.81. The molecule has 0 saturated carbocycles. The molecule has 56 valence electrons. The number of pyridine rings is 1. The quantitative estimate of drug-likeness (QED) is 0.471. The van der Waals surface area contributed by atoms with Gasteiger partial charge in [-0.25, -0.2) is 4.79 Å². The van der Waals surface area contributed by atoms with Crippen LogP contribution in [-0.4, -0.2) is 11.0 Å². The Labute approximate surface area is 64.3 Å². The van der Waals surface area contributed by atoms with Crippen molar-refractivity contribution in [2.24, 2.45) is 0 Å². The van der Waals surface area contributed by atoms with Crippen LogP contribution in [0.25, 0.3) is 0 Å². The minimum atomic E-state index is -0.414. The lowest BCUT2D eigenvalue weighted by atomic mass is 10.3. The number of carbonyl (C=O) groups excluding carboxylic acids is 1. The fourth-order valence-electron chi connectivity index (χ4n) is 0.632. The average Bonchev–Trinajstić information content (AvgIpc) is 2.07. The molecule has 3 nitrogen and oxygen atoms in total. The minimum absolute atomic E-state index is 0.414. The maximum Gasteiger partial charge on any atom is 0.343 e. The van der Waals surface area contributed by atoms with Crippen molar-refractivity contribution in [1.29, 1.82) is 0 Å². The maximum absolute atomic E-state index is 10.9. The Kier molecular flexibility index (Phi) is 2.38. The second-order valence-electron chi connectivity index (χ2n) is 1.81. The SMILES string of the molecule is C=COC(=O)c1ccncc1. The molecule has 1 aromatic rings. The van der Waals surface area contributed by atoms with Crippen molar-refractivity contribution in [3.63, 3.8) is 0 Å². The molecule has 0 amide bonds. The first-order chi connectivity index (χ1) is 5.34. The summed E-state index contributed by atoms with van der Waals surface area (Å²) in [6.45, 7) is 3.27. The molecular weight excluding hydrogens is 142 g/mol. The largest absolute Gasteiger partial charge is 0.432 e. The summed E-state index contributed by atoms with van der Waals surface area (Å²) in [5, 5.41) is 0. The van der Waals surface area contributed by atoms with Gasteiger partial charge in [0.15, 0.2) is 0 Å².